The predicted molar refractivity (Wildman–Crippen MR) is 152 cm³/mol. The molecule has 4 atom stereocenters. The van der Waals surface area contributed by atoms with Gasteiger partial charge in [-0.2, -0.15) is 0 Å². The maximum atomic E-state index is 13.7. The van der Waals surface area contributed by atoms with Crippen molar-refractivity contribution in [2.24, 2.45) is 5.92 Å². The molecule has 0 spiro atoms. The molecule has 0 radical (unpaired) electrons. The summed E-state index contributed by atoms with van der Waals surface area (Å²) in [6, 6.07) is 6.06. The summed E-state index contributed by atoms with van der Waals surface area (Å²) < 4.78 is 38.8. The molecule has 220 valence electrons. The van der Waals surface area contributed by atoms with Gasteiger partial charge in [0.15, 0.2) is 0 Å². The molecule has 2 N–H and O–H groups in total. The molecule has 2 saturated carbocycles. The summed E-state index contributed by atoms with van der Waals surface area (Å²) in [5, 5.41) is 4.08. The first-order valence-electron chi connectivity index (χ1n) is 13.4. The zero-order valence-corrected chi connectivity index (χ0v) is 24.6. The summed E-state index contributed by atoms with van der Waals surface area (Å²) in [5.74, 6) is -1.60. The minimum Gasteiger partial charge on any atom is -0.472 e. The largest absolute Gasteiger partial charge is 0.472 e. The van der Waals surface area contributed by atoms with Crippen molar-refractivity contribution in [2.75, 3.05) is 6.54 Å². The highest BCUT2D eigenvalue weighted by Gasteiger charge is 2.62. The van der Waals surface area contributed by atoms with Crippen LogP contribution in [-0.2, 0) is 24.3 Å². The van der Waals surface area contributed by atoms with Gasteiger partial charge in [-0.25, -0.2) is 18.2 Å². The van der Waals surface area contributed by atoms with Gasteiger partial charge < -0.3 is 14.8 Å². The minimum absolute atomic E-state index is 0.0196. The van der Waals surface area contributed by atoms with E-state index in [-0.39, 0.29) is 19.4 Å². The molecule has 0 bridgehead atoms. The molecule has 41 heavy (non-hydrogen) atoms. The molecule has 13 heteroatoms. The standard InChI is InChI=1S/C28H33ClN4O7S/c1-5-16-14-28(16,25(35)32-41(37,38)18-9-10-18)31-23(34)22-13-17(15-33(22)26(36)40-27(2,3)4)39-24-20-7-6-8-21(29)19(20)11-12-30-24/h5-8,11-12,16-18,22H,1,9-10,13-15H2,2-4H3,(H,31,34)(H,32,35)/t16-,17-,22+,28?/m1/s1. The number of rotatable bonds is 8. The molecule has 2 aliphatic carbocycles. The summed E-state index contributed by atoms with van der Waals surface area (Å²) in [5.41, 5.74) is -2.30. The second kappa shape index (κ2) is 10.5. The Labute approximate surface area is 243 Å². The first-order chi connectivity index (χ1) is 19.2. The molecule has 1 unspecified atom stereocenters. The minimum atomic E-state index is -3.83. The van der Waals surface area contributed by atoms with Gasteiger partial charge >= 0.3 is 6.09 Å². The van der Waals surface area contributed by atoms with E-state index in [0.29, 0.717) is 29.1 Å². The van der Waals surface area contributed by atoms with E-state index in [1.807, 2.05) is 6.07 Å². The Morgan fingerprint density at radius 3 is 2.56 bits per heavy atom. The first-order valence-corrected chi connectivity index (χ1v) is 15.4. The summed E-state index contributed by atoms with van der Waals surface area (Å²) >= 11 is 6.33. The van der Waals surface area contributed by atoms with Gasteiger partial charge in [-0.05, 0) is 58.2 Å². The quantitative estimate of drug-likeness (QED) is 0.437. The number of hydrogen-bond donors (Lipinski definition) is 2. The molecule has 3 amide bonds. The number of hydrogen-bond acceptors (Lipinski definition) is 8. The number of halogens is 1. The second-order valence-corrected chi connectivity index (χ2v) is 14.1. The summed E-state index contributed by atoms with van der Waals surface area (Å²) in [4.78, 5) is 45.7. The van der Waals surface area contributed by atoms with E-state index in [1.54, 1.807) is 45.2 Å². The van der Waals surface area contributed by atoms with Gasteiger partial charge in [-0.1, -0.05) is 23.7 Å². The zero-order chi connectivity index (χ0) is 29.7. The van der Waals surface area contributed by atoms with Crippen molar-refractivity contribution in [1.82, 2.24) is 19.9 Å². The van der Waals surface area contributed by atoms with Gasteiger partial charge in [0.1, 0.15) is 23.3 Å². The predicted octanol–water partition coefficient (Wildman–Crippen LogP) is 3.31. The lowest BCUT2D eigenvalue weighted by Gasteiger charge is -2.29. The van der Waals surface area contributed by atoms with E-state index < -0.39 is 62.4 Å². The molecule has 5 rings (SSSR count). The SMILES string of the molecule is C=C[C@@H]1CC1(NC(=O)[C@@H]1C[C@@H](Oc2nccc3c(Cl)cccc23)CN1C(=O)OC(C)(C)C)C(=O)NS(=O)(=O)C1CC1. The van der Waals surface area contributed by atoms with Crippen LogP contribution in [0.1, 0.15) is 46.5 Å². The van der Waals surface area contributed by atoms with Gasteiger partial charge in [0.25, 0.3) is 5.91 Å². The monoisotopic (exact) mass is 604 g/mol. The van der Waals surface area contributed by atoms with E-state index in [2.05, 4.69) is 21.6 Å². The number of benzene rings is 1. The number of carbonyl (C=O) groups is 3. The number of nitrogens with zero attached hydrogens (tertiary/aromatic N) is 2. The number of amides is 3. The van der Waals surface area contributed by atoms with Crippen molar-refractivity contribution in [3.05, 3.63) is 48.1 Å². The third-order valence-corrected chi connectivity index (χ3v) is 9.59. The number of sulfonamides is 1. The van der Waals surface area contributed by atoms with E-state index >= 15 is 0 Å². The van der Waals surface area contributed by atoms with Crippen LogP contribution in [0, 0.1) is 5.92 Å². The third-order valence-electron chi connectivity index (χ3n) is 7.44. The highest BCUT2D eigenvalue weighted by atomic mass is 35.5. The van der Waals surface area contributed by atoms with Gasteiger partial charge in [0.2, 0.25) is 21.8 Å². The molecule has 3 fully saturated rings. The fraction of sp³-hybridized carbons (Fsp3) is 0.500. The van der Waals surface area contributed by atoms with Crippen molar-refractivity contribution < 1.29 is 32.3 Å². The van der Waals surface area contributed by atoms with Crippen LogP contribution in [0.3, 0.4) is 0 Å². The summed E-state index contributed by atoms with van der Waals surface area (Å²) in [6.07, 6.45) is 2.96. The number of aromatic nitrogens is 1. The van der Waals surface area contributed by atoms with Gasteiger partial charge in [-0.3, -0.25) is 19.2 Å². The zero-order valence-electron chi connectivity index (χ0n) is 23.1. The highest BCUT2D eigenvalue weighted by molar-refractivity contribution is 7.91. The van der Waals surface area contributed by atoms with Gasteiger partial charge in [0.05, 0.1) is 11.8 Å². The smallest absolute Gasteiger partial charge is 0.411 e. The van der Waals surface area contributed by atoms with Crippen LogP contribution >= 0.6 is 11.6 Å². The Morgan fingerprint density at radius 1 is 1.20 bits per heavy atom. The molecule has 1 saturated heterocycles. The molecular formula is C28H33ClN4O7S. The maximum absolute atomic E-state index is 13.7. The molecule has 1 aliphatic heterocycles. The van der Waals surface area contributed by atoms with Crippen LogP contribution < -0.4 is 14.8 Å². The average Bonchev–Trinajstić information content (AvgIpc) is 3.80. The van der Waals surface area contributed by atoms with E-state index in [9.17, 15) is 22.8 Å². The van der Waals surface area contributed by atoms with Crippen LogP contribution in [0.2, 0.25) is 5.02 Å². The molecule has 3 aliphatic rings. The molecule has 1 aromatic heterocycles. The normalized spacial score (nSPS) is 25.9. The Balaban J connectivity index is 1.38. The number of pyridine rings is 1. The molecular weight excluding hydrogens is 572 g/mol. The van der Waals surface area contributed by atoms with Crippen molar-refractivity contribution in [3.63, 3.8) is 0 Å². The van der Waals surface area contributed by atoms with Crippen molar-refractivity contribution in [1.29, 1.82) is 0 Å². The number of likely N-dealkylation sites (tertiary alicyclic amines) is 1. The van der Waals surface area contributed by atoms with E-state index in [0.717, 1.165) is 5.39 Å². The topological polar surface area (TPSA) is 144 Å². The van der Waals surface area contributed by atoms with Crippen LogP contribution in [0.4, 0.5) is 4.79 Å². The molecule has 2 heterocycles. The van der Waals surface area contributed by atoms with Crippen molar-refractivity contribution in [2.45, 2.75) is 75.0 Å². The fourth-order valence-electron chi connectivity index (χ4n) is 5.07. The Bertz CT molecular complexity index is 1520. The third kappa shape index (κ3) is 5.99. The Hall–Kier alpha value is -3.38. The van der Waals surface area contributed by atoms with Crippen molar-refractivity contribution >= 4 is 50.3 Å². The first kappa shape index (κ1) is 29.1. The van der Waals surface area contributed by atoms with Crippen molar-refractivity contribution in [3.8, 4) is 5.88 Å². The molecule has 2 aromatic rings. The van der Waals surface area contributed by atoms with Crippen LogP contribution in [0.25, 0.3) is 10.8 Å². The Kier molecular flexibility index (Phi) is 7.44. The lowest BCUT2D eigenvalue weighted by Crippen LogP contribution is -2.56. The van der Waals surface area contributed by atoms with Crippen LogP contribution in [-0.4, -0.2) is 71.3 Å². The Morgan fingerprint density at radius 2 is 1.93 bits per heavy atom. The second-order valence-electron chi connectivity index (χ2n) is 11.8. The number of carbonyl (C=O) groups excluding carboxylic acids is 3. The highest BCUT2D eigenvalue weighted by Crippen LogP contribution is 2.45. The van der Waals surface area contributed by atoms with Gasteiger partial charge in [0, 0.05) is 34.3 Å². The van der Waals surface area contributed by atoms with Crippen LogP contribution in [0.15, 0.2) is 43.1 Å². The van der Waals surface area contributed by atoms with Crippen LogP contribution in [0.5, 0.6) is 5.88 Å². The number of ether oxygens (including phenoxy) is 2. The number of fused-ring (bicyclic) bond motifs is 1. The number of nitrogens with one attached hydrogen (secondary N) is 2. The molecule has 1 aromatic carbocycles. The summed E-state index contributed by atoms with van der Waals surface area (Å²) in [7, 11) is -3.83. The molecule has 11 nitrogen and oxygen atoms in total. The lowest BCUT2D eigenvalue weighted by molar-refractivity contribution is -0.131. The average molecular weight is 605 g/mol. The maximum Gasteiger partial charge on any atom is 0.411 e. The summed E-state index contributed by atoms with van der Waals surface area (Å²) in [6.45, 7) is 8.88. The van der Waals surface area contributed by atoms with Gasteiger partial charge in [-0.15, -0.1) is 6.58 Å². The van der Waals surface area contributed by atoms with E-state index in [1.165, 1.54) is 11.0 Å². The fourth-order valence-corrected chi connectivity index (χ4v) is 6.67. The van der Waals surface area contributed by atoms with E-state index in [4.69, 9.17) is 21.1 Å². The lowest BCUT2D eigenvalue weighted by atomic mass is 10.1.